The van der Waals surface area contributed by atoms with Crippen molar-refractivity contribution >= 4 is 39.4 Å². The smallest absolute Gasteiger partial charge is 0.404 e. The number of hydrogen-bond donors (Lipinski definition) is 3. The van der Waals surface area contributed by atoms with Gasteiger partial charge in [0.1, 0.15) is 22.8 Å². The second kappa shape index (κ2) is 7.56. The monoisotopic (exact) mass is 399 g/mol. The van der Waals surface area contributed by atoms with Crippen LogP contribution in [0.2, 0.25) is 0 Å². The van der Waals surface area contributed by atoms with E-state index in [2.05, 4.69) is 30.6 Å². The van der Waals surface area contributed by atoms with Crippen LogP contribution in [0.25, 0.3) is 21.6 Å². The van der Waals surface area contributed by atoms with Gasteiger partial charge in [-0.2, -0.15) is 0 Å². The molecule has 0 aliphatic carbocycles. The van der Waals surface area contributed by atoms with Crippen LogP contribution in [0.15, 0.2) is 43.1 Å². The molecule has 0 radical (unpaired) electrons. The molecule has 0 saturated heterocycles. The van der Waals surface area contributed by atoms with E-state index in [1.165, 1.54) is 29.7 Å². The normalized spacial score (nSPS) is 10.9. The van der Waals surface area contributed by atoms with E-state index in [0.717, 1.165) is 5.52 Å². The van der Waals surface area contributed by atoms with Gasteiger partial charge < -0.3 is 20.3 Å². The molecule has 0 fully saturated rings. The third-order valence-corrected chi connectivity index (χ3v) is 4.79. The first-order valence-electron chi connectivity index (χ1n) is 8.21. The standard InChI is InChI=1S/C17H14FN7O2S/c18-10-2-1-3-19-15(10)13-8-22-16(28-13)24-14-6-12-11(7-21-14)23-9-25(12)5-4-20-17(26)27/h1-3,6-9,20H,4-5H2,(H,26,27)(H,21,22,24). The number of pyridine rings is 2. The second-order valence-electron chi connectivity index (χ2n) is 5.72. The SMILES string of the molecule is O=C(O)NCCn1cnc2cnc(Nc3ncc(-c4ncccc4F)s3)cc21. The van der Waals surface area contributed by atoms with E-state index in [4.69, 9.17) is 5.11 Å². The Bertz CT molecular complexity index is 1140. The number of aromatic nitrogens is 5. The molecule has 28 heavy (non-hydrogen) atoms. The van der Waals surface area contributed by atoms with Crippen LogP contribution < -0.4 is 10.6 Å². The second-order valence-corrected chi connectivity index (χ2v) is 6.75. The lowest BCUT2D eigenvalue weighted by molar-refractivity contribution is 0.194. The Balaban J connectivity index is 1.53. The van der Waals surface area contributed by atoms with Crippen molar-refractivity contribution in [3.63, 3.8) is 0 Å². The van der Waals surface area contributed by atoms with Gasteiger partial charge in [0.05, 0.1) is 22.9 Å². The third kappa shape index (κ3) is 3.74. The van der Waals surface area contributed by atoms with Gasteiger partial charge in [-0.25, -0.2) is 24.1 Å². The van der Waals surface area contributed by atoms with Crippen LogP contribution in [0.4, 0.5) is 20.1 Å². The van der Waals surface area contributed by atoms with Crippen molar-refractivity contribution in [3.8, 4) is 10.6 Å². The summed E-state index contributed by atoms with van der Waals surface area (Å²) >= 11 is 1.26. The van der Waals surface area contributed by atoms with Crippen molar-refractivity contribution < 1.29 is 14.3 Å². The summed E-state index contributed by atoms with van der Waals surface area (Å²) in [6.07, 6.45) is 5.26. The Labute approximate surface area is 161 Å². The molecular weight excluding hydrogens is 385 g/mol. The number of fused-ring (bicyclic) bond motifs is 1. The Kier molecular flexibility index (Phi) is 4.81. The fourth-order valence-corrected chi connectivity index (χ4v) is 3.43. The van der Waals surface area contributed by atoms with Gasteiger partial charge in [0.2, 0.25) is 0 Å². The Hall–Kier alpha value is -3.60. The number of nitrogens with zero attached hydrogens (tertiary/aromatic N) is 5. The first-order chi connectivity index (χ1) is 13.6. The molecule has 0 aromatic carbocycles. The van der Waals surface area contributed by atoms with Crippen molar-refractivity contribution in [1.82, 2.24) is 29.8 Å². The minimum absolute atomic E-state index is 0.250. The summed E-state index contributed by atoms with van der Waals surface area (Å²) < 4.78 is 15.7. The molecule has 9 nitrogen and oxygen atoms in total. The first-order valence-corrected chi connectivity index (χ1v) is 9.03. The highest BCUT2D eigenvalue weighted by atomic mass is 32.1. The number of halogens is 1. The highest BCUT2D eigenvalue weighted by Gasteiger charge is 2.11. The van der Waals surface area contributed by atoms with E-state index in [-0.39, 0.29) is 12.2 Å². The molecule has 4 aromatic heterocycles. The number of carboxylic acid groups (broad SMARTS) is 1. The highest BCUT2D eigenvalue weighted by Crippen LogP contribution is 2.30. The van der Waals surface area contributed by atoms with Crippen LogP contribution in [-0.2, 0) is 6.54 Å². The fraction of sp³-hybridized carbons (Fsp3) is 0.118. The largest absolute Gasteiger partial charge is 0.465 e. The fourth-order valence-electron chi connectivity index (χ4n) is 2.61. The van der Waals surface area contributed by atoms with Gasteiger partial charge in [0, 0.05) is 31.5 Å². The summed E-state index contributed by atoms with van der Waals surface area (Å²) in [5.74, 6) is 0.138. The van der Waals surface area contributed by atoms with E-state index < -0.39 is 11.9 Å². The molecule has 1 amide bonds. The van der Waals surface area contributed by atoms with Crippen molar-refractivity contribution in [2.45, 2.75) is 6.54 Å². The zero-order valence-electron chi connectivity index (χ0n) is 14.3. The third-order valence-electron chi connectivity index (χ3n) is 3.87. The molecule has 0 aliphatic rings. The summed E-state index contributed by atoms with van der Waals surface area (Å²) in [6.45, 7) is 0.698. The Morgan fingerprint density at radius 2 is 2.14 bits per heavy atom. The molecule has 142 valence electrons. The van der Waals surface area contributed by atoms with Gasteiger partial charge in [0.15, 0.2) is 5.13 Å². The van der Waals surface area contributed by atoms with Crippen molar-refractivity contribution in [3.05, 3.63) is 48.9 Å². The van der Waals surface area contributed by atoms with Crippen molar-refractivity contribution in [2.24, 2.45) is 0 Å². The van der Waals surface area contributed by atoms with Crippen LogP contribution in [0, 0.1) is 5.82 Å². The van der Waals surface area contributed by atoms with Gasteiger partial charge in [0.25, 0.3) is 0 Å². The predicted octanol–water partition coefficient (Wildman–Crippen LogP) is 3.10. The maximum atomic E-state index is 13.9. The topological polar surface area (TPSA) is 118 Å². The first kappa shape index (κ1) is 17.8. The van der Waals surface area contributed by atoms with Crippen LogP contribution in [0.5, 0.6) is 0 Å². The van der Waals surface area contributed by atoms with Crippen LogP contribution >= 0.6 is 11.3 Å². The number of hydrogen-bond acceptors (Lipinski definition) is 7. The van der Waals surface area contributed by atoms with E-state index in [9.17, 15) is 9.18 Å². The van der Waals surface area contributed by atoms with Crippen LogP contribution in [0.1, 0.15) is 0 Å². The van der Waals surface area contributed by atoms with Gasteiger partial charge in [-0.15, -0.1) is 0 Å². The number of imidazole rings is 1. The molecule has 4 heterocycles. The number of amides is 1. The molecule has 0 bridgehead atoms. The van der Waals surface area contributed by atoms with Crippen molar-refractivity contribution in [1.29, 1.82) is 0 Å². The lowest BCUT2D eigenvalue weighted by Crippen LogP contribution is -2.24. The lowest BCUT2D eigenvalue weighted by atomic mass is 10.3. The van der Waals surface area contributed by atoms with E-state index in [1.54, 1.807) is 24.8 Å². The lowest BCUT2D eigenvalue weighted by Gasteiger charge is -2.06. The molecular formula is C17H14FN7O2S. The zero-order valence-corrected chi connectivity index (χ0v) is 15.1. The van der Waals surface area contributed by atoms with Crippen LogP contribution in [0.3, 0.4) is 0 Å². The number of anilines is 2. The van der Waals surface area contributed by atoms with E-state index in [0.29, 0.717) is 27.9 Å². The molecule has 4 rings (SSSR count). The summed E-state index contributed by atoms with van der Waals surface area (Å²) in [7, 11) is 0. The maximum absolute atomic E-state index is 13.9. The zero-order chi connectivity index (χ0) is 19.5. The minimum Gasteiger partial charge on any atom is -0.465 e. The maximum Gasteiger partial charge on any atom is 0.404 e. The molecule has 0 spiro atoms. The summed E-state index contributed by atoms with van der Waals surface area (Å²) in [6, 6.07) is 4.68. The Morgan fingerprint density at radius 1 is 1.25 bits per heavy atom. The van der Waals surface area contributed by atoms with Gasteiger partial charge in [-0.05, 0) is 12.1 Å². The number of nitrogens with one attached hydrogen (secondary N) is 2. The molecule has 0 atom stereocenters. The molecule has 3 N–H and O–H groups in total. The number of rotatable bonds is 6. The quantitative estimate of drug-likeness (QED) is 0.456. The van der Waals surface area contributed by atoms with E-state index >= 15 is 0 Å². The average Bonchev–Trinajstić information content (AvgIpc) is 3.29. The Morgan fingerprint density at radius 3 is 2.96 bits per heavy atom. The van der Waals surface area contributed by atoms with Crippen LogP contribution in [-0.4, -0.2) is 42.2 Å². The van der Waals surface area contributed by atoms with E-state index in [1.807, 2.05) is 4.57 Å². The number of thiazole rings is 1. The summed E-state index contributed by atoms with van der Waals surface area (Å²) in [5.41, 5.74) is 1.74. The molecule has 11 heteroatoms. The summed E-state index contributed by atoms with van der Waals surface area (Å²) in [5, 5.41) is 14.6. The van der Waals surface area contributed by atoms with Gasteiger partial charge in [-0.3, -0.25) is 4.98 Å². The molecule has 0 saturated carbocycles. The average molecular weight is 399 g/mol. The van der Waals surface area contributed by atoms with Gasteiger partial charge in [-0.1, -0.05) is 11.3 Å². The predicted molar refractivity (Wildman–Crippen MR) is 102 cm³/mol. The van der Waals surface area contributed by atoms with Crippen molar-refractivity contribution in [2.75, 3.05) is 11.9 Å². The molecule has 0 unspecified atom stereocenters. The minimum atomic E-state index is -1.07. The molecule has 4 aromatic rings. The highest BCUT2D eigenvalue weighted by molar-refractivity contribution is 7.18. The van der Waals surface area contributed by atoms with Gasteiger partial charge >= 0.3 is 6.09 Å². The number of carbonyl (C=O) groups is 1. The summed E-state index contributed by atoms with van der Waals surface area (Å²) in [4.78, 5) is 28.0. The molecule has 0 aliphatic heterocycles.